The van der Waals surface area contributed by atoms with Gasteiger partial charge in [0.2, 0.25) is 0 Å². The van der Waals surface area contributed by atoms with Gasteiger partial charge in [-0.15, -0.1) is 4.39 Å². The predicted octanol–water partition coefficient (Wildman–Crippen LogP) is 4.51. The quantitative estimate of drug-likeness (QED) is 0.331. The predicted molar refractivity (Wildman–Crippen MR) is 70.7 cm³/mol. The lowest BCUT2D eigenvalue weighted by Crippen LogP contribution is -2.19. The Bertz CT molecular complexity index is 787. The molecule has 1 aliphatic rings. The van der Waals surface area contributed by atoms with Gasteiger partial charge in [0.1, 0.15) is 18.3 Å². The summed E-state index contributed by atoms with van der Waals surface area (Å²) in [5, 5.41) is 0. The van der Waals surface area contributed by atoms with Crippen LogP contribution in [0.4, 0.5) is 35.1 Å². The van der Waals surface area contributed by atoms with E-state index in [2.05, 4.69) is 10.7 Å². The summed E-state index contributed by atoms with van der Waals surface area (Å²) in [4.78, 5) is 11.9. The van der Waals surface area contributed by atoms with E-state index in [4.69, 9.17) is 0 Å². The fourth-order valence-electron chi connectivity index (χ4n) is 2.69. The molecule has 1 fully saturated rings. The first-order valence-electron chi connectivity index (χ1n) is 7.05. The van der Waals surface area contributed by atoms with Crippen LogP contribution in [0, 0.1) is 52.6 Å². The molecule has 1 aromatic rings. The number of esters is 1. The van der Waals surface area contributed by atoms with E-state index < -0.39 is 70.4 Å². The van der Waals surface area contributed by atoms with Crippen LogP contribution in [0.3, 0.4) is 0 Å². The van der Waals surface area contributed by atoms with Crippen molar-refractivity contribution < 1.29 is 44.7 Å². The van der Waals surface area contributed by atoms with Crippen molar-refractivity contribution in [2.45, 2.75) is 26.6 Å². The third-order valence-electron chi connectivity index (χ3n) is 4.29. The van der Waals surface area contributed by atoms with Crippen molar-refractivity contribution in [2.24, 2.45) is 17.3 Å². The van der Waals surface area contributed by atoms with Gasteiger partial charge >= 0.3 is 12.1 Å². The average Bonchev–Trinajstić information content (AvgIpc) is 3.05. The highest BCUT2D eigenvalue weighted by Gasteiger charge is 2.62. The van der Waals surface area contributed by atoms with Gasteiger partial charge in [0.25, 0.3) is 0 Å². The summed E-state index contributed by atoms with van der Waals surface area (Å²) >= 11 is 0. The Kier molecular flexibility index (Phi) is 4.96. The fraction of sp³-hybridized carbons (Fsp3) is 0.438. The Morgan fingerprint density at radius 2 is 1.58 bits per heavy atom. The minimum absolute atomic E-state index is 0.740. The molecule has 0 amide bonds. The van der Waals surface area contributed by atoms with E-state index in [1.807, 2.05) is 0 Å². The molecule has 0 aliphatic heterocycles. The van der Waals surface area contributed by atoms with Crippen molar-refractivity contribution in [1.82, 2.24) is 0 Å². The maximum atomic E-state index is 13.7. The molecule has 0 radical (unpaired) electrons. The minimum Gasteiger partial charge on any atom is -0.460 e. The Morgan fingerprint density at radius 3 is 2.00 bits per heavy atom. The normalized spacial score (nSPS) is 21.0. The van der Waals surface area contributed by atoms with E-state index in [0.717, 1.165) is 6.17 Å². The summed E-state index contributed by atoms with van der Waals surface area (Å²) in [6.45, 7) is 1.73. The lowest BCUT2D eigenvalue weighted by Gasteiger charge is -2.14. The zero-order valence-corrected chi connectivity index (χ0v) is 13.2. The van der Waals surface area contributed by atoms with Crippen LogP contribution in [0.5, 0.6) is 0 Å². The first-order valence-corrected chi connectivity index (χ1v) is 7.05. The van der Waals surface area contributed by atoms with Gasteiger partial charge in [0, 0.05) is 5.92 Å². The molecule has 2 unspecified atom stereocenters. The minimum atomic E-state index is -5.67. The van der Waals surface area contributed by atoms with E-state index in [-0.39, 0.29) is 0 Å². The van der Waals surface area contributed by atoms with Crippen molar-refractivity contribution >= 4 is 5.97 Å². The number of hydrogen-bond donors (Lipinski definition) is 0. The third kappa shape index (κ3) is 3.22. The van der Waals surface area contributed by atoms with Crippen molar-refractivity contribution in [1.29, 1.82) is 0 Å². The molecule has 1 aliphatic carbocycles. The molecule has 0 heterocycles. The van der Waals surface area contributed by atoms with Gasteiger partial charge in [0.05, 0.1) is 11.5 Å². The molecule has 0 saturated heterocycles. The maximum Gasteiger partial charge on any atom is 0.422 e. The van der Waals surface area contributed by atoms with Crippen LogP contribution in [-0.2, 0) is 22.3 Å². The van der Waals surface area contributed by atoms with E-state index in [1.54, 1.807) is 0 Å². The number of rotatable bonds is 3. The van der Waals surface area contributed by atoms with E-state index in [1.165, 1.54) is 13.8 Å². The third-order valence-corrected chi connectivity index (χ3v) is 4.29. The van der Waals surface area contributed by atoms with Crippen molar-refractivity contribution in [3.05, 3.63) is 34.4 Å². The Hall–Kier alpha value is -2.31. The number of carbonyl (C=O) groups is 1. The van der Waals surface area contributed by atoms with Gasteiger partial charge in [-0.05, 0) is 5.41 Å². The number of halogens is 8. The molecule has 0 aromatic heterocycles. The second kappa shape index (κ2) is 6.45. The first-order chi connectivity index (χ1) is 11.9. The molecular weight excluding hydrogens is 376 g/mol. The molecule has 2 nitrogen and oxygen atoms in total. The average molecular weight is 386 g/mol. The van der Waals surface area contributed by atoms with Crippen LogP contribution in [-0.4, -0.2) is 5.97 Å². The van der Waals surface area contributed by atoms with Gasteiger partial charge in [-0.25, -0.2) is 17.6 Å². The van der Waals surface area contributed by atoms with Gasteiger partial charge in [-0.1, -0.05) is 19.8 Å². The molecule has 0 bridgehead atoms. The van der Waals surface area contributed by atoms with Gasteiger partial charge < -0.3 is 4.74 Å². The summed E-state index contributed by atoms with van der Waals surface area (Å²) in [6.07, 6.45) is -4.55. The number of benzene rings is 1. The highest BCUT2D eigenvalue weighted by Crippen LogP contribution is 2.58. The molecule has 2 rings (SSSR count). The zero-order valence-electron chi connectivity index (χ0n) is 13.2. The summed E-state index contributed by atoms with van der Waals surface area (Å²) in [7, 11) is 0. The zero-order chi connectivity index (χ0) is 20.0. The summed E-state index contributed by atoms with van der Waals surface area (Å²) in [6, 6.07) is 0. The molecule has 1 saturated carbocycles. The highest BCUT2D eigenvalue weighted by molar-refractivity contribution is 5.78. The molecule has 1 aromatic carbocycles. The molecule has 26 heavy (non-hydrogen) atoms. The van der Waals surface area contributed by atoms with Crippen LogP contribution in [0.15, 0.2) is 0 Å². The molecule has 0 spiro atoms. The van der Waals surface area contributed by atoms with Crippen LogP contribution in [0.2, 0.25) is 0 Å². The molecule has 10 heteroatoms. The van der Waals surface area contributed by atoms with Crippen molar-refractivity contribution in [3.63, 3.8) is 0 Å². The number of ether oxygens (including phenoxy) is 1. The van der Waals surface area contributed by atoms with Gasteiger partial charge in [-0.2, -0.15) is 13.2 Å². The standard InChI is InChI=1S/C16H10F8O2/c1-15(2)7(3-4-17)8(15)14(25)26-5-6-10(18)12(20)9(16(22,23)24)13(21)11(6)19/h7-8H,5H2,1-2H3. The monoisotopic (exact) mass is 386 g/mol. The van der Waals surface area contributed by atoms with Crippen molar-refractivity contribution in [2.75, 3.05) is 0 Å². The van der Waals surface area contributed by atoms with Crippen molar-refractivity contribution in [3.8, 4) is 12.1 Å². The second-order valence-electron chi connectivity index (χ2n) is 6.23. The van der Waals surface area contributed by atoms with E-state index >= 15 is 0 Å². The SMILES string of the molecule is CC1(C)C(C#CF)C1C(=O)OCc1c(F)c(F)c(C(F)(F)F)c(F)c1F. The first kappa shape index (κ1) is 20.0. The molecule has 2 atom stereocenters. The topological polar surface area (TPSA) is 26.3 Å². The van der Waals surface area contributed by atoms with Crippen LogP contribution < -0.4 is 0 Å². The maximum absolute atomic E-state index is 13.7. The Morgan fingerprint density at radius 1 is 1.08 bits per heavy atom. The molecular formula is C16H10F8O2. The summed E-state index contributed by atoms with van der Waals surface area (Å²) < 4.78 is 108. The lowest BCUT2D eigenvalue weighted by molar-refractivity contribution is -0.148. The number of carbonyl (C=O) groups excluding carboxylic acids is 1. The molecule has 142 valence electrons. The molecule has 0 N–H and O–H groups in total. The van der Waals surface area contributed by atoms with Gasteiger partial charge in [-0.3, -0.25) is 4.79 Å². The number of alkyl halides is 3. The van der Waals surface area contributed by atoms with Crippen LogP contribution in [0.25, 0.3) is 0 Å². The Balaban J connectivity index is 2.26. The highest BCUT2D eigenvalue weighted by atomic mass is 19.4. The van der Waals surface area contributed by atoms with Crippen LogP contribution in [0.1, 0.15) is 25.0 Å². The lowest BCUT2D eigenvalue weighted by atomic mass is 10.1. The van der Waals surface area contributed by atoms with Gasteiger partial charge in [0.15, 0.2) is 23.3 Å². The summed E-state index contributed by atoms with van der Waals surface area (Å²) in [5.41, 5.74) is -5.03. The number of hydrogen-bond acceptors (Lipinski definition) is 2. The largest absolute Gasteiger partial charge is 0.460 e. The second-order valence-corrected chi connectivity index (χ2v) is 6.23. The fourth-order valence-corrected chi connectivity index (χ4v) is 2.69. The smallest absolute Gasteiger partial charge is 0.422 e. The Labute approximate surface area is 142 Å². The van der Waals surface area contributed by atoms with E-state index in [9.17, 15) is 39.9 Å². The summed E-state index contributed by atoms with van der Waals surface area (Å²) in [5.74, 6) is -10.6. The van der Waals surface area contributed by atoms with E-state index in [0.29, 0.717) is 0 Å². The van der Waals surface area contributed by atoms with Crippen LogP contribution >= 0.6 is 0 Å².